The average molecular weight is 191 g/mol. The molecule has 0 bridgehead atoms. The molecule has 0 spiro atoms. The van der Waals surface area contributed by atoms with Gasteiger partial charge in [-0.2, -0.15) is 0 Å². The number of rotatable bonds is 3. The van der Waals surface area contributed by atoms with Crippen LogP contribution in [0, 0.1) is 0 Å². The number of aromatic nitrogens is 1. The molecule has 4 N–H and O–H groups in total. The molecule has 4 heteroatoms. The molecule has 0 atom stereocenters. The number of pyridine rings is 1. The van der Waals surface area contributed by atoms with E-state index in [9.17, 15) is 4.79 Å². The Labute approximate surface area is 82.3 Å². The van der Waals surface area contributed by atoms with E-state index in [1.807, 2.05) is 0 Å². The van der Waals surface area contributed by atoms with E-state index in [0.29, 0.717) is 12.2 Å². The minimum absolute atomic E-state index is 0.100. The minimum Gasteiger partial charge on any atom is -0.384 e. The Morgan fingerprint density at radius 3 is 2.86 bits per heavy atom. The Hall–Kier alpha value is -1.42. The fourth-order valence-corrected chi connectivity index (χ4v) is 1.38. The first-order valence-electron chi connectivity index (χ1n) is 4.63. The summed E-state index contributed by atoms with van der Waals surface area (Å²) in [5.74, 6) is 0.542. The molecule has 1 aliphatic carbocycles. The van der Waals surface area contributed by atoms with Gasteiger partial charge < -0.3 is 11.5 Å². The van der Waals surface area contributed by atoms with Crippen molar-refractivity contribution in [2.75, 3.05) is 5.73 Å². The Bertz CT molecular complexity index is 371. The molecule has 1 saturated carbocycles. The minimum atomic E-state index is -0.544. The van der Waals surface area contributed by atoms with Crippen LogP contribution in [0.4, 0.5) is 5.82 Å². The molecule has 1 aliphatic rings. The summed E-state index contributed by atoms with van der Waals surface area (Å²) in [5.41, 5.74) is 11.6. The number of anilines is 1. The third-order valence-corrected chi connectivity index (χ3v) is 2.55. The predicted octanol–water partition coefficient (Wildman–Crippen LogP) is 0.267. The highest BCUT2D eigenvalue weighted by molar-refractivity contribution is 5.92. The molecular weight excluding hydrogens is 178 g/mol. The van der Waals surface area contributed by atoms with Crippen molar-refractivity contribution in [3.05, 3.63) is 23.9 Å². The SMILES string of the molecule is Nc1cc(CC(=O)C2(N)CC2)ccn1. The highest BCUT2D eigenvalue weighted by Crippen LogP contribution is 2.34. The summed E-state index contributed by atoms with van der Waals surface area (Å²) in [5, 5.41) is 0. The summed E-state index contributed by atoms with van der Waals surface area (Å²) < 4.78 is 0. The van der Waals surface area contributed by atoms with Gasteiger partial charge in [-0.05, 0) is 30.5 Å². The lowest BCUT2D eigenvalue weighted by Crippen LogP contribution is -2.34. The first kappa shape index (κ1) is 9.15. The molecule has 2 rings (SSSR count). The van der Waals surface area contributed by atoms with Crippen LogP contribution in [0.2, 0.25) is 0 Å². The quantitative estimate of drug-likeness (QED) is 0.718. The fraction of sp³-hybridized carbons (Fsp3) is 0.400. The van der Waals surface area contributed by atoms with E-state index in [4.69, 9.17) is 11.5 Å². The topological polar surface area (TPSA) is 82.0 Å². The molecular formula is C10H13N3O. The number of hydrogen-bond donors (Lipinski definition) is 2. The Morgan fingerprint density at radius 1 is 1.57 bits per heavy atom. The van der Waals surface area contributed by atoms with Crippen LogP contribution in [0.1, 0.15) is 18.4 Å². The molecule has 0 amide bonds. The molecule has 0 aromatic carbocycles. The maximum Gasteiger partial charge on any atom is 0.156 e. The number of hydrogen-bond acceptors (Lipinski definition) is 4. The van der Waals surface area contributed by atoms with Gasteiger partial charge in [0.15, 0.2) is 5.78 Å². The van der Waals surface area contributed by atoms with E-state index in [-0.39, 0.29) is 5.78 Å². The summed E-state index contributed by atoms with van der Waals surface area (Å²) in [4.78, 5) is 15.5. The molecule has 0 aliphatic heterocycles. The monoisotopic (exact) mass is 191 g/mol. The summed E-state index contributed by atoms with van der Waals surface area (Å²) in [6, 6.07) is 3.50. The van der Waals surface area contributed by atoms with Gasteiger partial charge in [0.25, 0.3) is 0 Å². The van der Waals surface area contributed by atoms with Crippen LogP contribution in [0.25, 0.3) is 0 Å². The van der Waals surface area contributed by atoms with Crippen molar-refractivity contribution in [2.45, 2.75) is 24.8 Å². The Balaban J connectivity index is 2.07. The normalized spacial score (nSPS) is 17.8. The number of ketones is 1. The first-order valence-corrected chi connectivity index (χ1v) is 4.63. The van der Waals surface area contributed by atoms with Crippen molar-refractivity contribution in [1.82, 2.24) is 4.98 Å². The summed E-state index contributed by atoms with van der Waals surface area (Å²) in [6.07, 6.45) is 3.59. The van der Waals surface area contributed by atoms with Gasteiger partial charge >= 0.3 is 0 Å². The highest BCUT2D eigenvalue weighted by Gasteiger charge is 2.44. The van der Waals surface area contributed by atoms with Crippen molar-refractivity contribution in [3.8, 4) is 0 Å². The zero-order chi connectivity index (χ0) is 10.2. The van der Waals surface area contributed by atoms with Gasteiger partial charge in [-0.3, -0.25) is 4.79 Å². The van der Waals surface area contributed by atoms with Crippen molar-refractivity contribution in [1.29, 1.82) is 0 Å². The van der Waals surface area contributed by atoms with Gasteiger partial charge in [0.05, 0.1) is 5.54 Å². The molecule has 1 heterocycles. The molecule has 4 nitrogen and oxygen atoms in total. The van der Waals surface area contributed by atoms with Crippen LogP contribution in [0.5, 0.6) is 0 Å². The Kier molecular flexibility index (Phi) is 2.00. The molecule has 1 aromatic rings. The van der Waals surface area contributed by atoms with Gasteiger partial charge in [0.2, 0.25) is 0 Å². The third-order valence-electron chi connectivity index (χ3n) is 2.55. The van der Waals surface area contributed by atoms with Crippen LogP contribution >= 0.6 is 0 Å². The summed E-state index contributed by atoms with van der Waals surface area (Å²) in [7, 11) is 0. The largest absolute Gasteiger partial charge is 0.384 e. The first-order chi connectivity index (χ1) is 6.60. The standard InChI is InChI=1S/C10H13N3O/c11-9-6-7(1-4-13-9)5-8(14)10(12)2-3-10/h1,4,6H,2-3,5,12H2,(H2,11,13). The zero-order valence-electron chi connectivity index (χ0n) is 7.86. The van der Waals surface area contributed by atoms with E-state index >= 15 is 0 Å². The van der Waals surface area contributed by atoms with E-state index in [1.165, 1.54) is 0 Å². The maximum atomic E-state index is 11.6. The number of nitrogens with two attached hydrogens (primary N) is 2. The van der Waals surface area contributed by atoms with Gasteiger partial charge in [-0.15, -0.1) is 0 Å². The van der Waals surface area contributed by atoms with Crippen LogP contribution < -0.4 is 11.5 Å². The van der Waals surface area contributed by atoms with Crippen molar-refractivity contribution >= 4 is 11.6 Å². The lowest BCUT2D eigenvalue weighted by Gasteiger charge is -2.07. The predicted molar refractivity (Wildman–Crippen MR) is 53.5 cm³/mol. The van der Waals surface area contributed by atoms with Crippen LogP contribution in [0.15, 0.2) is 18.3 Å². The second-order valence-electron chi connectivity index (χ2n) is 3.85. The van der Waals surface area contributed by atoms with Crippen molar-refractivity contribution in [3.63, 3.8) is 0 Å². The molecule has 0 radical (unpaired) electrons. The van der Waals surface area contributed by atoms with E-state index in [2.05, 4.69) is 4.98 Å². The number of Topliss-reactive ketones (excluding diaryl/α,β-unsaturated/α-hetero) is 1. The van der Waals surface area contributed by atoms with Gasteiger partial charge in [-0.1, -0.05) is 0 Å². The van der Waals surface area contributed by atoms with Crippen LogP contribution in [-0.2, 0) is 11.2 Å². The second-order valence-corrected chi connectivity index (χ2v) is 3.85. The highest BCUT2D eigenvalue weighted by atomic mass is 16.1. The smallest absolute Gasteiger partial charge is 0.156 e. The zero-order valence-corrected chi connectivity index (χ0v) is 7.86. The third kappa shape index (κ3) is 1.75. The van der Waals surface area contributed by atoms with Crippen molar-refractivity contribution in [2.24, 2.45) is 5.73 Å². The summed E-state index contributed by atoms with van der Waals surface area (Å²) >= 11 is 0. The molecule has 74 valence electrons. The van der Waals surface area contributed by atoms with Crippen LogP contribution in [0.3, 0.4) is 0 Å². The molecule has 0 saturated heterocycles. The Morgan fingerprint density at radius 2 is 2.29 bits per heavy atom. The lowest BCUT2D eigenvalue weighted by molar-refractivity contribution is -0.120. The second kappa shape index (κ2) is 3.06. The lowest BCUT2D eigenvalue weighted by atomic mass is 10.0. The summed E-state index contributed by atoms with van der Waals surface area (Å²) in [6.45, 7) is 0. The molecule has 14 heavy (non-hydrogen) atoms. The number of nitrogen functional groups attached to an aromatic ring is 1. The molecule has 1 fully saturated rings. The van der Waals surface area contributed by atoms with Gasteiger partial charge in [-0.25, -0.2) is 4.98 Å². The average Bonchev–Trinajstić information content (AvgIpc) is 2.85. The fourth-order valence-electron chi connectivity index (χ4n) is 1.38. The van der Waals surface area contributed by atoms with E-state index in [1.54, 1.807) is 18.3 Å². The number of carbonyl (C=O) groups excluding carboxylic acids is 1. The van der Waals surface area contributed by atoms with Gasteiger partial charge in [0, 0.05) is 12.6 Å². The molecule has 0 unspecified atom stereocenters. The molecule has 1 aromatic heterocycles. The maximum absolute atomic E-state index is 11.6. The van der Waals surface area contributed by atoms with E-state index < -0.39 is 5.54 Å². The van der Waals surface area contributed by atoms with E-state index in [0.717, 1.165) is 18.4 Å². The van der Waals surface area contributed by atoms with Crippen LogP contribution in [-0.4, -0.2) is 16.3 Å². The number of carbonyl (C=O) groups is 1. The van der Waals surface area contributed by atoms with Crippen molar-refractivity contribution < 1.29 is 4.79 Å². The number of nitrogens with zero attached hydrogens (tertiary/aromatic N) is 1. The van der Waals surface area contributed by atoms with Gasteiger partial charge in [0.1, 0.15) is 5.82 Å².